The van der Waals surface area contributed by atoms with Gasteiger partial charge in [-0.2, -0.15) is 0 Å². The highest BCUT2D eigenvalue weighted by atomic mass is 16.1. The summed E-state index contributed by atoms with van der Waals surface area (Å²) in [4.78, 5) is 24.6. The van der Waals surface area contributed by atoms with Gasteiger partial charge in [0, 0.05) is 18.0 Å². The number of allylic oxidation sites excluding steroid dienone is 2. The fourth-order valence-electron chi connectivity index (χ4n) is 3.91. The van der Waals surface area contributed by atoms with Crippen molar-refractivity contribution in [2.75, 3.05) is 0 Å². The molecule has 2 atom stereocenters. The number of ketones is 2. The van der Waals surface area contributed by atoms with Gasteiger partial charge < -0.3 is 10.6 Å². The molecular formula is C24H46N2O2. The van der Waals surface area contributed by atoms with E-state index in [-0.39, 0.29) is 11.7 Å². The lowest BCUT2D eigenvalue weighted by Gasteiger charge is -2.33. The van der Waals surface area contributed by atoms with Crippen molar-refractivity contribution in [3.8, 4) is 0 Å². The molecule has 0 aromatic heterocycles. The van der Waals surface area contributed by atoms with Crippen LogP contribution in [0.2, 0.25) is 0 Å². The third kappa shape index (κ3) is 9.97. The van der Waals surface area contributed by atoms with Gasteiger partial charge in [-0.1, -0.05) is 26.0 Å². The molecule has 0 rings (SSSR count). The molecule has 0 saturated heterocycles. The standard InChI is InChI=1S/C24H46N2O2/c1-18(2)22(28)24(9,26-20(5)6)17-15-13-11-10-12-14-16-23(8,21(7)27)25-19(3)4/h10-11,18-20,25-26H,12-17H2,1-9H3/b11-10+/t23-,24-/m0/s1. The molecule has 0 aliphatic rings. The van der Waals surface area contributed by atoms with Crippen molar-refractivity contribution in [1.82, 2.24) is 10.6 Å². The van der Waals surface area contributed by atoms with Gasteiger partial charge in [0.15, 0.2) is 5.78 Å². The largest absolute Gasteiger partial charge is 0.303 e. The Morgan fingerprint density at radius 1 is 0.786 bits per heavy atom. The van der Waals surface area contributed by atoms with E-state index in [2.05, 4.69) is 50.5 Å². The van der Waals surface area contributed by atoms with E-state index in [0.717, 1.165) is 38.5 Å². The van der Waals surface area contributed by atoms with Crippen molar-refractivity contribution in [2.45, 2.75) is 124 Å². The number of Topliss-reactive ketones (excluding diaryl/α,β-unsaturated/α-hetero) is 2. The van der Waals surface area contributed by atoms with Gasteiger partial charge in [0.05, 0.1) is 11.1 Å². The van der Waals surface area contributed by atoms with Crippen LogP contribution in [-0.4, -0.2) is 34.7 Å². The molecular weight excluding hydrogens is 348 g/mol. The maximum absolute atomic E-state index is 12.6. The number of nitrogens with one attached hydrogen (secondary N) is 2. The molecule has 0 amide bonds. The summed E-state index contributed by atoms with van der Waals surface area (Å²) in [6.07, 6.45) is 10.1. The summed E-state index contributed by atoms with van der Waals surface area (Å²) in [7, 11) is 0. The number of hydrogen-bond donors (Lipinski definition) is 2. The van der Waals surface area contributed by atoms with Gasteiger partial charge in [0.25, 0.3) is 0 Å². The van der Waals surface area contributed by atoms with Crippen molar-refractivity contribution in [1.29, 1.82) is 0 Å². The maximum atomic E-state index is 12.6. The van der Waals surface area contributed by atoms with Gasteiger partial charge in [-0.15, -0.1) is 0 Å². The molecule has 0 radical (unpaired) electrons. The first-order valence-corrected chi connectivity index (χ1v) is 11.1. The highest BCUT2D eigenvalue weighted by Gasteiger charge is 2.34. The lowest BCUT2D eigenvalue weighted by Crippen LogP contribution is -2.53. The third-order valence-electron chi connectivity index (χ3n) is 5.32. The van der Waals surface area contributed by atoms with Gasteiger partial charge in [-0.25, -0.2) is 0 Å². The molecule has 0 unspecified atom stereocenters. The summed E-state index contributed by atoms with van der Waals surface area (Å²) in [5, 5.41) is 6.88. The minimum absolute atomic E-state index is 0.0434. The summed E-state index contributed by atoms with van der Waals surface area (Å²) in [6, 6.07) is 0.588. The Bertz CT molecular complexity index is 511. The molecule has 4 heteroatoms. The first-order valence-electron chi connectivity index (χ1n) is 11.1. The average Bonchev–Trinajstić information content (AvgIpc) is 2.54. The van der Waals surface area contributed by atoms with Gasteiger partial charge in [-0.05, 0) is 87.0 Å². The first-order chi connectivity index (χ1) is 12.8. The zero-order valence-corrected chi connectivity index (χ0v) is 19.9. The molecule has 0 saturated carbocycles. The van der Waals surface area contributed by atoms with Gasteiger partial charge >= 0.3 is 0 Å². The quantitative estimate of drug-likeness (QED) is 0.296. The van der Waals surface area contributed by atoms with E-state index in [4.69, 9.17) is 0 Å². The molecule has 28 heavy (non-hydrogen) atoms. The van der Waals surface area contributed by atoms with E-state index in [1.54, 1.807) is 6.92 Å². The average molecular weight is 395 g/mol. The number of carbonyl (C=O) groups excluding carboxylic acids is 2. The lowest BCUT2D eigenvalue weighted by molar-refractivity contribution is -0.128. The minimum atomic E-state index is -0.442. The van der Waals surface area contributed by atoms with Crippen LogP contribution < -0.4 is 10.6 Å². The van der Waals surface area contributed by atoms with E-state index in [9.17, 15) is 9.59 Å². The number of carbonyl (C=O) groups is 2. The Kier molecular flexibility index (Phi) is 12.1. The molecule has 0 aliphatic heterocycles. The number of hydrogen-bond acceptors (Lipinski definition) is 4. The summed E-state index contributed by atoms with van der Waals surface area (Å²) in [5.41, 5.74) is -0.870. The monoisotopic (exact) mass is 394 g/mol. The van der Waals surface area contributed by atoms with Crippen molar-refractivity contribution in [3.05, 3.63) is 12.2 Å². The topological polar surface area (TPSA) is 58.2 Å². The van der Waals surface area contributed by atoms with Crippen molar-refractivity contribution in [3.63, 3.8) is 0 Å². The van der Waals surface area contributed by atoms with Gasteiger partial charge in [-0.3, -0.25) is 9.59 Å². The SMILES string of the molecule is CC(=O)[C@](C)(CCC/C=C/CCC[C@](C)(NC(C)C)C(=O)C(C)C)NC(C)C. The van der Waals surface area contributed by atoms with Crippen LogP contribution in [0.25, 0.3) is 0 Å². The summed E-state index contributed by atoms with van der Waals surface area (Å²) in [5.74, 6) is 0.546. The number of rotatable bonds is 15. The molecule has 4 nitrogen and oxygen atoms in total. The lowest BCUT2D eigenvalue weighted by atomic mass is 9.84. The Morgan fingerprint density at radius 2 is 1.18 bits per heavy atom. The van der Waals surface area contributed by atoms with Crippen LogP contribution in [0.5, 0.6) is 0 Å². The molecule has 0 aromatic rings. The van der Waals surface area contributed by atoms with Crippen LogP contribution in [-0.2, 0) is 9.59 Å². The molecule has 2 N–H and O–H groups in total. The second-order valence-electron chi connectivity index (χ2n) is 9.59. The second-order valence-corrected chi connectivity index (χ2v) is 9.59. The van der Waals surface area contributed by atoms with E-state index >= 15 is 0 Å². The zero-order valence-electron chi connectivity index (χ0n) is 19.9. The Balaban J connectivity index is 4.40. The van der Waals surface area contributed by atoms with Crippen LogP contribution >= 0.6 is 0 Å². The fraction of sp³-hybridized carbons (Fsp3) is 0.833. The first kappa shape index (κ1) is 27.0. The Morgan fingerprint density at radius 3 is 1.54 bits per heavy atom. The highest BCUT2D eigenvalue weighted by molar-refractivity contribution is 5.89. The van der Waals surface area contributed by atoms with Gasteiger partial charge in [0.2, 0.25) is 0 Å². The normalized spacial score (nSPS) is 16.7. The van der Waals surface area contributed by atoms with Crippen molar-refractivity contribution >= 4 is 11.6 Å². The molecule has 0 bridgehead atoms. The third-order valence-corrected chi connectivity index (χ3v) is 5.32. The van der Waals surface area contributed by atoms with Crippen LogP contribution in [0, 0.1) is 5.92 Å². The van der Waals surface area contributed by atoms with Crippen LogP contribution in [0.4, 0.5) is 0 Å². The van der Waals surface area contributed by atoms with E-state index in [1.807, 2.05) is 27.7 Å². The summed E-state index contributed by atoms with van der Waals surface area (Å²) < 4.78 is 0. The molecule has 0 aliphatic carbocycles. The molecule has 0 spiro atoms. The highest BCUT2D eigenvalue weighted by Crippen LogP contribution is 2.21. The smallest absolute Gasteiger partial charge is 0.155 e. The molecule has 164 valence electrons. The predicted molar refractivity (Wildman–Crippen MR) is 121 cm³/mol. The Labute approximate surface area is 174 Å². The van der Waals surface area contributed by atoms with Crippen LogP contribution in [0.3, 0.4) is 0 Å². The zero-order chi connectivity index (χ0) is 22.0. The van der Waals surface area contributed by atoms with Crippen molar-refractivity contribution in [2.24, 2.45) is 5.92 Å². The Hall–Kier alpha value is -1.00. The van der Waals surface area contributed by atoms with Crippen molar-refractivity contribution < 1.29 is 9.59 Å². The van der Waals surface area contributed by atoms with Gasteiger partial charge in [0.1, 0.15) is 5.78 Å². The van der Waals surface area contributed by atoms with E-state index < -0.39 is 11.1 Å². The predicted octanol–water partition coefficient (Wildman–Crippen LogP) is 5.21. The fourth-order valence-corrected chi connectivity index (χ4v) is 3.91. The van der Waals surface area contributed by atoms with E-state index in [0.29, 0.717) is 17.9 Å². The van der Waals surface area contributed by atoms with Crippen LogP contribution in [0.15, 0.2) is 12.2 Å². The maximum Gasteiger partial charge on any atom is 0.155 e. The second kappa shape index (κ2) is 12.5. The molecule has 0 fully saturated rings. The summed E-state index contributed by atoms with van der Waals surface area (Å²) in [6.45, 7) is 18.0. The van der Waals surface area contributed by atoms with Crippen LogP contribution in [0.1, 0.15) is 101 Å². The molecule has 0 aromatic carbocycles. The minimum Gasteiger partial charge on any atom is -0.303 e. The molecule has 0 heterocycles. The number of unbranched alkanes of at least 4 members (excludes halogenated alkanes) is 2. The summed E-state index contributed by atoms with van der Waals surface area (Å²) >= 11 is 0. The van der Waals surface area contributed by atoms with E-state index in [1.165, 1.54) is 0 Å².